The third-order valence-corrected chi connectivity index (χ3v) is 3.65. The average molecular weight is 421 g/mol. The van der Waals surface area contributed by atoms with Crippen LogP contribution in [0.4, 0.5) is 13.2 Å². The van der Waals surface area contributed by atoms with Crippen LogP contribution in [0.3, 0.4) is 0 Å². The van der Waals surface area contributed by atoms with Crippen molar-refractivity contribution in [3.8, 4) is 0 Å². The van der Waals surface area contributed by atoms with E-state index < -0.39 is 17.5 Å². The lowest BCUT2D eigenvalue weighted by Gasteiger charge is -2.04. The molecule has 27 heavy (non-hydrogen) atoms. The quantitative estimate of drug-likeness (QED) is 0.702. The predicted molar refractivity (Wildman–Crippen MR) is 97.9 cm³/mol. The second-order valence-electron chi connectivity index (χ2n) is 5.15. The Morgan fingerprint density at radius 2 is 1.30 bits per heavy atom. The number of carbonyl (C=O) groups is 2. The van der Waals surface area contributed by atoms with Gasteiger partial charge in [-0.2, -0.15) is 0 Å². The van der Waals surface area contributed by atoms with Gasteiger partial charge in [-0.15, -0.1) is 23.2 Å². The summed E-state index contributed by atoms with van der Waals surface area (Å²) in [6.45, 7) is 0.190. The molecule has 9 heteroatoms. The van der Waals surface area contributed by atoms with Crippen molar-refractivity contribution in [3.63, 3.8) is 0 Å². The SMILES string of the molecule is O=C(CCl)NCc1ccc(F)cc1F.O=C(CCl)NCc1ccccc1F. The molecular formula is C18H17Cl2F3N2O2. The van der Waals surface area contributed by atoms with Crippen LogP contribution in [0.2, 0.25) is 0 Å². The first kappa shape index (κ1) is 22.8. The van der Waals surface area contributed by atoms with Crippen LogP contribution in [0.5, 0.6) is 0 Å². The molecule has 146 valence electrons. The summed E-state index contributed by atoms with van der Waals surface area (Å²) in [6.07, 6.45) is 0. The minimum Gasteiger partial charge on any atom is -0.351 e. The van der Waals surface area contributed by atoms with Gasteiger partial charge >= 0.3 is 0 Å². The van der Waals surface area contributed by atoms with E-state index in [0.717, 1.165) is 12.1 Å². The molecule has 0 aliphatic heterocycles. The van der Waals surface area contributed by atoms with E-state index in [0.29, 0.717) is 5.56 Å². The predicted octanol–water partition coefficient (Wildman–Crippen LogP) is 3.50. The van der Waals surface area contributed by atoms with E-state index in [1.807, 2.05) is 0 Å². The van der Waals surface area contributed by atoms with Crippen LogP contribution in [0.25, 0.3) is 0 Å². The van der Waals surface area contributed by atoms with Crippen molar-refractivity contribution < 1.29 is 22.8 Å². The third-order valence-electron chi connectivity index (χ3n) is 3.17. The number of alkyl halides is 2. The van der Waals surface area contributed by atoms with Crippen LogP contribution in [-0.4, -0.2) is 23.6 Å². The van der Waals surface area contributed by atoms with Gasteiger partial charge in [0, 0.05) is 30.3 Å². The Morgan fingerprint density at radius 3 is 1.78 bits per heavy atom. The molecule has 2 aromatic carbocycles. The van der Waals surface area contributed by atoms with Crippen molar-refractivity contribution in [2.75, 3.05) is 11.8 Å². The van der Waals surface area contributed by atoms with Gasteiger partial charge in [0.1, 0.15) is 29.2 Å². The maximum absolute atomic E-state index is 13.0. The Hall–Kier alpha value is -2.25. The van der Waals surface area contributed by atoms with E-state index in [2.05, 4.69) is 10.6 Å². The van der Waals surface area contributed by atoms with E-state index in [4.69, 9.17) is 23.2 Å². The molecule has 0 unspecified atom stereocenters. The number of hydrogen-bond acceptors (Lipinski definition) is 2. The Bertz CT molecular complexity index is 776. The summed E-state index contributed by atoms with van der Waals surface area (Å²) in [5.74, 6) is -2.62. The van der Waals surface area contributed by atoms with E-state index in [-0.39, 0.29) is 42.1 Å². The highest BCUT2D eigenvalue weighted by Gasteiger charge is 2.05. The second kappa shape index (κ2) is 12.2. The molecule has 0 bridgehead atoms. The summed E-state index contributed by atoms with van der Waals surface area (Å²) in [5.41, 5.74) is 0.686. The molecule has 2 rings (SSSR count). The Morgan fingerprint density at radius 1 is 0.778 bits per heavy atom. The van der Waals surface area contributed by atoms with Crippen molar-refractivity contribution in [2.45, 2.75) is 13.1 Å². The van der Waals surface area contributed by atoms with Gasteiger partial charge in [0.2, 0.25) is 11.8 Å². The van der Waals surface area contributed by atoms with Crippen molar-refractivity contribution in [2.24, 2.45) is 0 Å². The van der Waals surface area contributed by atoms with Crippen LogP contribution < -0.4 is 10.6 Å². The van der Waals surface area contributed by atoms with Gasteiger partial charge in [-0.25, -0.2) is 13.2 Å². The Labute approximate surface area is 164 Å². The first-order valence-electron chi connectivity index (χ1n) is 7.70. The van der Waals surface area contributed by atoms with Gasteiger partial charge in [0.15, 0.2) is 0 Å². The number of amides is 2. The molecule has 4 nitrogen and oxygen atoms in total. The number of rotatable bonds is 6. The van der Waals surface area contributed by atoms with Gasteiger partial charge in [0.25, 0.3) is 0 Å². The van der Waals surface area contributed by atoms with Crippen molar-refractivity contribution in [1.29, 1.82) is 0 Å². The number of nitrogens with one attached hydrogen (secondary N) is 2. The molecule has 0 spiro atoms. The highest BCUT2D eigenvalue weighted by Crippen LogP contribution is 2.09. The molecule has 0 aliphatic rings. The molecular weight excluding hydrogens is 404 g/mol. The fourth-order valence-electron chi connectivity index (χ4n) is 1.79. The van der Waals surface area contributed by atoms with E-state index >= 15 is 0 Å². The molecule has 2 N–H and O–H groups in total. The van der Waals surface area contributed by atoms with E-state index in [1.54, 1.807) is 18.2 Å². The fourth-order valence-corrected chi connectivity index (χ4v) is 1.98. The molecule has 0 aliphatic carbocycles. The van der Waals surface area contributed by atoms with Crippen LogP contribution in [-0.2, 0) is 22.7 Å². The highest BCUT2D eigenvalue weighted by atomic mass is 35.5. The largest absolute Gasteiger partial charge is 0.351 e. The first-order valence-corrected chi connectivity index (χ1v) is 8.77. The lowest BCUT2D eigenvalue weighted by Crippen LogP contribution is -2.24. The molecule has 0 fully saturated rings. The van der Waals surface area contributed by atoms with Crippen LogP contribution in [0.15, 0.2) is 42.5 Å². The van der Waals surface area contributed by atoms with Gasteiger partial charge in [-0.3, -0.25) is 9.59 Å². The maximum Gasteiger partial charge on any atom is 0.235 e. The molecule has 0 aromatic heterocycles. The number of carbonyl (C=O) groups excluding carboxylic acids is 2. The molecule has 2 amide bonds. The summed E-state index contributed by atoms with van der Waals surface area (Å²) in [4.78, 5) is 21.5. The van der Waals surface area contributed by atoms with Gasteiger partial charge < -0.3 is 10.6 Å². The third kappa shape index (κ3) is 8.79. The number of hydrogen-bond donors (Lipinski definition) is 2. The zero-order valence-corrected chi connectivity index (χ0v) is 15.6. The standard InChI is InChI=1S/C9H8ClF2NO.C9H9ClFNO/c10-4-9(14)13-5-6-1-2-7(11)3-8(6)12;10-5-9(13)12-6-7-3-1-2-4-8(7)11/h1-3H,4-5H2,(H,13,14);1-4H,5-6H2,(H,12,13). The highest BCUT2D eigenvalue weighted by molar-refractivity contribution is 6.27. The first-order chi connectivity index (χ1) is 12.9. The molecule has 0 saturated carbocycles. The minimum atomic E-state index is -0.681. The molecule has 2 aromatic rings. The molecule has 0 heterocycles. The lowest BCUT2D eigenvalue weighted by atomic mass is 10.2. The zero-order valence-electron chi connectivity index (χ0n) is 14.1. The van der Waals surface area contributed by atoms with Crippen molar-refractivity contribution in [1.82, 2.24) is 10.6 Å². The Balaban J connectivity index is 0.000000271. The summed E-state index contributed by atoms with van der Waals surface area (Å²) >= 11 is 10.5. The minimum absolute atomic E-state index is 0.0116. The number of benzene rings is 2. The lowest BCUT2D eigenvalue weighted by molar-refractivity contribution is -0.119. The number of halogens is 5. The molecule has 0 radical (unpaired) electrons. The van der Waals surface area contributed by atoms with Gasteiger partial charge in [-0.1, -0.05) is 24.3 Å². The van der Waals surface area contributed by atoms with E-state index in [9.17, 15) is 22.8 Å². The van der Waals surface area contributed by atoms with E-state index in [1.165, 1.54) is 12.1 Å². The fraction of sp³-hybridized carbons (Fsp3) is 0.222. The monoisotopic (exact) mass is 420 g/mol. The smallest absolute Gasteiger partial charge is 0.235 e. The molecule has 0 saturated heterocycles. The second-order valence-corrected chi connectivity index (χ2v) is 5.68. The summed E-state index contributed by atoms with van der Waals surface area (Å²) in [5, 5.41) is 4.85. The summed E-state index contributed by atoms with van der Waals surface area (Å²) in [6, 6.07) is 9.45. The molecule has 0 atom stereocenters. The summed E-state index contributed by atoms with van der Waals surface area (Å²) < 4.78 is 38.4. The summed E-state index contributed by atoms with van der Waals surface area (Å²) in [7, 11) is 0. The average Bonchev–Trinajstić information content (AvgIpc) is 2.66. The van der Waals surface area contributed by atoms with Crippen LogP contribution >= 0.6 is 23.2 Å². The van der Waals surface area contributed by atoms with Crippen LogP contribution in [0, 0.1) is 17.5 Å². The van der Waals surface area contributed by atoms with Crippen molar-refractivity contribution in [3.05, 3.63) is 71.0 Å². The van der Waals surface area contributed by atoms with Crippen LogP contribution in [0.1, 0.15) is 11.1 Å². The normalized spacial score (nSPS) is 9.81. The van der Waals surface area contributed by atoms with Gasteiger partial charge in [-0.05, 0) is 12.1 Å². The Kier molecular flexibility index (Phi) is 10.3. The zero-order chi connectivity index (χ0) is 20.2. The topological polar surface area (TPSA) is 58.2 Å². The van der Waals surface area contributed by atoms with Crippen molar-refractivity contribution >= 4 is 35.0 Å². The maximum atomic E-state index is 13.0. The van der Waals surface area contributed by atoms with Gasteiger partial charge in [0.05, 0.1) is 0 Å².